The predicted octanol–water partition coefficient (Wildman–Crippen LogP) is 5.65. The van der Waals surface area contributed by atoms with Gasteiger partial charge in [-0.05, 0) is 128 Å². The number of rotatable bonds is 7. The fourth-order valence-corrected chi connectivity index (χ4v) is 16.1. The molecule has 1 aliphatic heterocycles. The Morgan fingerprint density at radius 1 is 1.17 bits per heavy atom. The van der Waals surface area contributed by atoms with Crippen LogP contribution in [-0.4, -0.2) is 71.0 Å². The molecule has 1 amide bonds. The summed E-state index contributed by atoms with van der Waals surface area (Å²) in [7, 11) is -6.78. The number of halogens is 2. The first-order valence-electron chi connectivity index (χ1n) is 15.3. The van der Waals surface area contributed by atoms with E-state index in [0.717, 1.165) is 68.9 Å². The Labute approximate surface area is 254 Å². The number of hydrogen-bond donors (Lipinski definition) is 2. The van der Waals surface area contributed by atoms with Crippen LogP contribution < -0.4 is 5.32 Å². The van der Waals surface area contributed by atoms with Gasteiger partial charge in [-0.2, -0.15) is 29.0 Å². The number of carbonyl (C=O) groups is 2. The van der Waals surface area contributed by atoms with Crippen molar-refractivity contribution in [2.45, 2.75) is 75.2 Å². The van der Waals surface area contributed by atoms with E-state index in [1.165, 1.54) is 34.1 Å². The maximum absolute atomic E-state index is 14.2. The van der Waals surface area contributed by atoms with Gasteiger partial charge in [-0.1, -0.05) is 12.1 Å². The van der Waals surface area contributed by atoms with Crippen LogP contribution in [0, 0.1) is 36.0 Å². The molecule has 3 atom stereocenters. The maximum Gasteiger partial charge on any atom is 0.446 e. The van der Waals surface area contributed by atoms with E-state index in [2.05, 4.69) is 30.6 Å². The van der Waals surface area contributed by atoms with Gasteiger partial charge < -0.3 is 5.32 Å². The SMILES string of the molecule is Cc1ccc(CC2C3CC4CC2CC(CNC(=O)C(F)(F)S(=O)(=O)O)(C4)C3)c2c1C(=O)C(S1(C)CCSCC1)CCC2. The minimum Gasteiger partial charge on any atom is -0.349 e. The van der Waals surface area contributed by atoms with E-state index in [0.29, 0.717) is 29.5 Å². The van der Waals surface area contributed by atoms with E-state index < -0.39 is 31.3 Å². The minimum atomic E-state index is -5.82. The molecule has 2 N–H and O–H groups in total. The average Bonchev–Trinajstić information content (AvgIpc) is 3.10. The second-order valence-electron chi connectivity index (χ2n) is 14.0. The fraction of sp³-hybridized carbons (Fsp3) is 0.742. The molecular weight excluding hydrogens is 601 g/mol. The van der Waals surface area contributed by atoms with Crippen molar-refractivity contribution < 1.29 is 31.3 Å². The summed E-state index contributed by atoms with van der Waals surface area (Å²) in [6.07, 6.45) is 11.0. The molecule has 1 heterocycles. The number of amides is 1. The molecule has 0 spiro atoms. The summed E-state index contributed by atoms with van der Waals surface area (Å²) in [4.78, 5) is 26.3. The van der Waals surface area contributed by atoms with Crippen LogP contribution in [0.1, 0.15) is 72.0 Å². The van der Waals surface area contributed by atoms with Crippen molar-refractivity contribution in [2.24, 2.45) is 29.1 Å². The van der Waals surface area contributed by atoms with Crippen LogP contribution in [0.4, 0.5) is 8.78 Å². The van der Waals surface area contributed by atoms with Gasteiger partial charge in [0.05, 0.1) is 5.25 Å². The highest BCUT2D eigenvalue weighted by atomic mass is 32.3. The first kappa shape index (κ1) is 30.8. The maximum atomic E-state index is 14.2. The molecule has 6 nitrogen and oxygen atoms in total. The van der Waals surface area contributed by atoms with E-state index >= 15 is 0 Å². The van der Waals surface area contributed by atoms with Crippen molar-refractivity contribution in [1.82, 2.24) is 5.32 Å². The lowest BCUT2D eigenvalue weighted by Crippen LogP contribution is -2.56. The standard InChI is InChI=1S/C31H43F2NO5S3/c1-19-6-7-21(24-4-3-5-26(28(35)27(19)24)41(2)10-8-40-9-11-41)14-25-22-12-20-13-23(25)17-30(15-20,16-22)18-34-29(36)31(32,33)42(37,38)39/h6-7,20,22-23,25-26H,3-5,8-18H2,1-2H3,(H,34,36)(H,37,38,39). The van der Waals surface area contributed by atoms with E-state index in [-0.39, 0.29) is 17.2 Å². The molecule has 3 unspecified atom stereocenters. The Morgan fingerprint density at radius 3 is 2.48 bits per heavy atom. The van der Waals surface area contributed by atoms with Gasteiger partial charge in [0, 0.05) is 23.6 Å². The zero-order valence-corrected chi connectivity index (χ0v) is 27.0. The summed E-state index contributed by atoms with van der Waals surface area (Å²) in [6, 6.07) is 4.39. The molecule has 4 saturated carbocycles. The van der Waals surface area contributed by atoms with Gasteiger partial charge in [0.1, 0.15) is 0 Å². The van der Waals surface area contributed by atoms with Gasteiger partial charge in [0.25, 0.3) is 0 Å². The zero-order chi connectivity index (χ0) is 30.1. The van der Waals surface area contributed by atoms with Gasteiger partial charge in [-0.3, -0.25) is 14.1 Å². The Bertz CT molecular complexity index is 1360. The van der Waals surface area contributed by atoms with Crippen molar-refractivity contribution in [3.8, 4) is 0 Å². The molecule has 1 saturated heterocycles. The lowest BCUT2D eigenvalue weighted by molar-refractivity contribution is -0.139. The van der Waals surface area contributed by atoms with Crippen molar-refractivity contribution in [1.29, 1.82) is 0 Å². The Balaban J connectivity index is 1.20. The van der Waals surface area contributed by atoms with Crippen molar-refractivity contribution in [2.75, 3.05) is 35.8 Å². The van der Waals surface area contributed by atoms with Gasteiger partial charge >= 0.3 is 21.3 Å². The van der Waals surface area contributed by atoms with Crippen molar-refractivity contribution in [3.05, 3.63) is 34.4 Å². The number of benzene rings is 1. The lowest BCUT2D eigenvalue weighted by Gasteiger charge is -2.60. The number of alkyl halides is 2. The molecule has 5 fully saturated rings. The molecule has 0 radical (unpaired) electrons. The molecule has 7 rings (SSSR count). The summed E-state index contributed by atoms with van der Waals surface area (Å²) in [5.41, 5.74) is 4.34. The van der Waals surface area contributed by atoms with Crippen LogP contribution in [0.2, 0.25) is 0 Å². The topological polar surface area (TPSA) is 101 Å². The number of carbonyl (C=O) groups excluding carboxylic acids is 2. The van der Waals surface area contributed by atoms with E-state index in [1.54, 1.807) is 0 Å². The molecule has 0 aromatic heterocycles. The number of ketones is 1. The number of aryl methyl sites for hydroxylation is 1. The number of hydrogen-bond acceptors (Lipinski definition) is 5. The number of Topliss-reactive ketones (excluding diaryl/α,β-unsaturated/α-hetero) is 1. The molecule has 11 heteroatoms. The number of thioether (sulfide) groups is 1. The summed E-state index contributed by atoms with van der Waals surface area (Å²) < 4.78 is 58.7. The van der Waals surface area contributed by atoms with Crippen LogP contribution in [0.5, 0.6) is 0 Å². The number of nitrogens with one attached hydrogen (secondary N) is 1. The van der Waals surface area contributed by atoms with Crippen molar-refractivity contribution in [3.63, 3.8) is 0 Å². The first-order chi connectivity index (χ1) is 19.7. The first-order valence-corrected chi connectivity index (χ1v) is 20.4. The number of fused-ring (bicyclic) bond motifs is 1. The molecule has 234 valence electrons. The van der Waals surface area contributed by atoms with Crippen LogP contribution >= 0.6 is 21.8 Å². The van der Waals surface area contributed by atoms with Gasteiger partial charge in [0.2, 0.25) is 0 Å². The van der Waals surface area contributed by atoms with E-state index in [1.807, 2.05) is 11.8 Å². The van der Waals surface area contributed by atoms with Gasteiger partial charge in [-0.15, -0.1) is 0 Å². The molecule has 1 aromatic rings. The molecule has 1 aromatic carbocycles. The van der Waals surface area contributed by atoms with Crippen LogP contribution in [0.3, 0.4) is 0 Å². The molecular formula is C31H43F2NO5S3. The quantitative estimate of drug-likeness (QED) is 0.295. The van der Waals surface area contributed by atoms with E-state index in [4.69, 9.17) is 4.55 Å². The zero-order valence-electron chi connectivity index (χ0n) is 24.5. The largest absolute Gasteiger partial charge is 0.446 e. The van der Waals surface area contributed by atoms with Gasteiger partial charge in [-0.25, -0.2) is 10.0 Å². The van der Waals surface area contributed by atoms with Crippen molar-refractivity contribution >= 4 is 43.6 Å². The Hall–Kier alpha value is -1.17. The third-order valence-electron chi connectivity index (χ3n) is 11.4. The predicted molar refractivity (Wildman–Crippen MR) is 165 cm³/mol. The monoisotopic (exact) mass is 643 g/mol. The second kappa shape index (κ2) is 11.0. The van der Waals surface area contributed by atoms with Crippen LogP contribution in [-0.2, 0) is 27.8 Å². The second-order valence-corrected chi connectivity index (χ2v) is 20.8. The molecule has 4 bridgehead atoms. The normalized spacial score (nSPS) is 34.9. The summed E-state index contributed by atoms with van der Waals surface area (Å²) >= 11 is 2.02. The molecule has 5 aliphatic carbocycles. The lowest BCUT2D eigenvalue weighted by atomic mass is 9.45. The smallest absolute Gasteiger partial charge is 0.349 e. The third-order valence-corrected chi connectivity index (χ3v) is 17.8. The summed E-state index contributed by atoms with van der Waals surface area (Å²) in [5.74, 6) is 4.88. The summed E-state index contributed by atoms with van der Waals surface area (Å²) in [5, 5.41) is -2.51. The van der Waals surface area contributed by atoms with Gasteiger partial charge in [0.15, 0.2) is 5.78 Å². The highest BCUT2D eigenvalue weighted by Gasteiger charge is 2.57. The van der Waals surface area contributed by atoms with Crippen LogP contribution in [0.25, 0.3) is 0 Å². The Morgan fingerprint density at radius 2 is 1.83 bits per heavy atom. The highest BCUT2D eigenvalue weighted by molar-refractivity contribution is 8.35. The fourth-order valence-electron chi connectivity index (χ4n) is 9.50. The van der Waals surface area contributed by atoms with Crippen LogP contribution in [0.15, 0.2) is 12.1 Å². The molecule has 6 aliphatic rings. The van der Waals surface area contributed by atoms with E-state index in [9.17, 15) is 26.8 Å². The minimum absolute atomic E-state index is 0.00257. The highest BCUT2D eigenvalue weighted by Crippen LogP contribution is 2.63. The molecule has 42 heavy (non-hydrogen) atoms. The third kappa shape index (κ3) is 5.36. The Kier molecular flexibility index (Phi) is 8.09. The summed E-state index contributed by atoms with van der Waals surface area (Å²) in [6.45, 7) is 2.09. The average molecular weight is 644 g/mol.